The third-order valence-corrected chi connectivity index (χ3v) is 4.34. The molecule has 0 bridgehead atoms. The van der Waals surface area contributed by atoms with Crippen molar-refractivity contribution in [3.05, 3.63) is 46.6 Å². The van der Waals surface area contributed by atoms with Gasteiger partial charge < -0.3 is 14.4 Å². The number of anilines is 1. The summed E-state index contributed by atoms with van der Waals surface area (Å²) in [6.45, 7) is 5.99. The lowest BCUT2D eigenvalue weighted by Crippen LogP contribution is -2.37. The molecule has 24 heavy (non-hydrogen) atoms. The van der Waals surface area contributed by atoms with E-state index in [1.54, 1.807) is 0 Å². The first-order valence-corrected chi connectivity index (χ1v) is 8.80. The van der Waals surface area contributed by atoms with Crippen LogP contribution in [0.3, 0.4) is 0 Å². The number of halogens is 1. The van der Waals surface area contributed by atoms with Crippen LogP contribution in [0.4, 0.5) is 5.82 Å². The summed E-state index contributed by atoms with van der Waals surface area (Å²) in [6.07, 6.45) is 2.88. The van der Waals surface area contributed by atoms with Crippen molar-refractivity contribution in [3.63, 3.8) is 0 Å². The molecule has 1 aromatic carbocycles. The fraction of sp³-hybridized carbons (Fsp3) is 0.500. The van der Waals surface area contributed by atoms with Crippen LogP contribution >= 0.6 is 11.6 Å². The number of benzene rings is 1. The fourth-order valence-corrected chi connectivity index (χ4v) is 3.07. The van der Waals surface area contributed by atoms with Crippen molar-refractivity contribution in [3.8, 4) is 0 Å². The molecule has 2 heterocycles. The molecule has 1 aliphatic rings. The number of hydrogen-bond donors (Lipinski definition) is 0. The number of aryl methyl sites for hydroxylation is 1. The minimum atomic E-state index is -0.145. The Kier molecular flexibility index (Phi) is 5.76. The lowest BCUT2D eigenvalue weighted by atomic mass is 10.0. The molecule has 5 nitrogen and oxygen atoms in total. The van der Waals surface area contributed by atoms with E-state index in [1.807, 2.05) is 36.0 Å². The monoisotopic (exact) mass is 349 g/mol. The molecule has 1 fully saturated rings. The van der Waals surface area contributed by atoms with Crippen LogP contribution in [0.5, 0.6) is 0 Å². The molecular weight excluding hydrogens is 326 g/mol. The standard InChI is InChI=1S/C18H24ClN3O2/c1-3-10-24-17(14-4-6-15(19)7-5-14)16-13-21(2)20-18(16)22-8-11-23-12-9-22/h4-7,13,17H,3,8-12H2,1-2H3. The van der Waals surface area contributed by atoms with Crippen molar-refractivity contribution in [2.75, 3.05) is 37.8 Å². The topological polar surface area (TPSA) is 39.5 Å². The normalized spacial score (nSPS) is 16.4. The van der Waals surface area contributed by atoms with Gasteiger partial charge in [-0.3, -0.25) is 4.68 Å². The molecule has 0 N–H and O–H groups in total. The van der Waals surface area contributed by atoms with Gasteiger partial charge in [-0.2, -0.15) is 5.10 Å². The average Bonchev–Trinajstić information content (AvgIpc) is 2.99. The van der Waals surface area contributed by atoms with E-state index in [9.17, 15) is 0 Å². The third-order valence-electron chi connectivity index (χ3n) is 4.09. The smallest absolute Gasteiger partial charge is 0.156 e. The largest absolute Gasteiger partial charge is 0.378 e. The molecule has 6 heteroatoms. The summed E-state index contributed by atoms with van der Waals surface area (Å²) in [5.41, 5.74) is 2.19. The highest BCUT2D eigenvalue weighted by Crippen LogP contribution is 2.33. The van der Waals surface area contributed by atoms with Crippen LogP contribution in [0.2, 0.25) is 5.02 Å². The predicted molar refractivity (Wildman–Crippen MR) is 95.8 cm³/mol. The number of nitrogens with zero attached hydrogens (tertiary/aromatic N) is 3. The van der Waals surface area contributed by atoms with Crippen LogP contribution in [0.15, 0.2) is 30.5 Å². The number of hydrogen-bond acceptors (Lipinski definition) is 4. The van der Waals surface area contributed by atoms with Crippen molar-refractivity contribution in [1.29, 1.82) is 0 Å². The Balaban J connectivity index is 1.96. The van der Waals surface area contributed by atoms with E-state index >= 15 is 0 Å². The summed E-state index contributed by atoms with van der Waals surface area (Å²) in [4.78, 5) is 2.27. The Morgan fingerprint density at radius 2 is 1.96 bits per heavy atom. The number of rotatable bonds is 6. The van der Waals surface area contributed by atoms with Crippen LogP contribution in [0.25, 0.3) is 0 Å². The van der Waals surface area contributed by atoms with Crippen molar-refractivity contribution in [1.82, 2.24) is 9.78 Å². The number of morpholine rings is 1. The average molecular weight is 350 g/mol. The first-order chi connectivity index (χ1) is 11.7. The second kappa shape index (κ2) is 8.01. The van der Waals surface area contributed by atoms with Gasteiger partial charge in [-0.25, -0.2) is 0 Å². The molecular formula is C18H24ClN3O2. The van der Waals surface area contributed by atoms with E-state index in [-0.39, 0.29) is 6.10 Å². The van der Waals surface area contributed by atoms with Crippen molar-refractivity contribution < 1.29 is 9.47 Å². The highest BCUT2D eigenvalue weighted by Gasteiger charge is 2.25. The van der Waals surface area contributed by atoms with Crippen molar-refractivity contribution >= 4 is 17.4 Å². The summed E-state index contributed by atoms with van der Waals surface area (Å²) in [5, 5.41) is 5.42. The number of ether oxygens (including phenoxy) is 2. The SMILES string of the molecule is CCCOC(c1ccc(Cl)cc1)c1cn(C)nc1N1CCOCC1. The highest BCUT2D eigenvalue weighted by molar-refractivity contribution is 6.30. The Hall–Kier alpha value is -1.56. The quantitative estimate of drug-likeness (QED) is 0.801. The second-order valence-electron chi connectivity index (χ2n) is 5.98. The summed E-state index contributed by atoms with van der Waals surface area (Å²) >= 11 is 6.04. The maximum atomic E-state index is 6.19. The van der Waals surface area contributed by atoms with Gasteiger partial charge in [0, 0.05) is 43.5 Å². The summed E-state index contributed by atoms with van der Waals surface area (Å²) < 4.78 is 13.5. The van der Waals surface area contributed by atoms with Crippen LogP contribution < -0.4 is 4.90 Å². The molecule has 1 atom stereocenters. The molecule has 130 valence electrons. The van der Waals surface area contributed by atoms with Gasteiger partial charge in [-0.1, -0.05) is 30.7 Å². The van der Waals surface area contributed by atoms with Crippen LogP contribution in [-0.2, 0) is 16.5 Å². The van der Waals surface area contributed by atoms with E-state index in [4.69, 9.17) is 21.1 Å². The minimum Gasteiger partial charge on any atom is -0.378 e. The van der Waals surface area contributed by atoms with E-state index in [2.05, 4.69) is 23.1 Å². The Morgan fingerprint density at radius 3 is 2.62 bits per heavy atom. The molecule has 0 aliphatic carbocycles. The molecule has 1 aromatic heterocycles. The molecule has 3 rings (SSSR count). The van der Waals surface area contributed by atoms with Gasteiger partial charge in [0.25, 0.3) is 0 Å². The van der Waals surface area contributed by atoms with Crippen LogP contribution in [0, 0.1) is 0 Å². The second-order valence-corrected chi connectivity index (χ2v) is 6.42. The van der Waals surface area contributed by atoms with Crippen LogP contribution in [-0.4, -0.2) is 42.7 Å². The predicted octanol–water partition coefficient (Wildman–Crippen LogP) is 3.43. The lowest BCUT2D eigenvalue weighted by Gasteiger charge is -2.29. The van der Waals surface area contributed by atoms with Gasteiger partial charge in [0.05, 0.1) is 13.2 Å². The zero-order valence-electron chi connectivity index (χ0n) is 14.2. The zero-order valence-corrected chi connectivity index (χ0v) is 15.0. The first kappa shape index (κ1) is 17.3. The molecule has 1 saturated heterocycles. The molecule has 1 aliphatic heterocycles. The molecule has 0 saturated carbocycles. The molecule has 0 spiro atoms. The van der Waals surface area contributed by atoms with Gasteiger partial charge in [0.1, 0.15) is 6.10 Å². The first-order valence-electron chi connectivity index (χ1n) is 8.42. The van der Waals surface area contributed by atoms with Gasteiger partial charge in [-0.15, -0.1) is 0 Å². The maximum Gasteiger partial charge on any atom is 0.156 e. The summed E-state index contributed by atoms with van der Waals surface area (Å²) in [5.74, 6) is 0.983. The van der Waals surface area contributed by atoms with E-state index in [0.717, 1.165) is 54.7 Å². The van der Waals surface area contributed by atoms with Gasteiger partial charge >= 0.3 is 0 Å². The van der Waals surface area contributed by atoms with E-state index < -0.39 is 0 Å². The minimum absolute atomic E-state index is 0.145. The highest BCUT2D eigenvalue weighted by atomic mass is 35.5. The summed E-state index contributed by atoms with van der Waals surface area (Å²) in [6, 6.07) is 7.87. The summed E-state index contributed by atoms with van der Waals surface area (Å²) in [7, 11) is 1.95. The Morgan fingerprint density at radius 1 is 1.25 bits per heavy atom. The van der Waals surface area contributed by atoms with Crippen molar-refractivity contribution in [2.24, 2.45) is 7.05 Å². The van der Waals surface area contributed by atoms with Gasteiger partial charge in [-0.05, 0) is 24.1 Å². The third kappa shape index (κ3) is 3.91. The Bertz CT molecular complexity index is 651. The fourth-order valence-electron chi connectivity index (χ4n) is 2.94. The van der Waals surface area contributed by atoms with Gasteiger partial charge in [0.2, 0.25) is 0 Å². The van der Waals surface area contributed by atoms with E-state index in [1.165, 1.54) is 0 Å². The van der Waals surface area contributed by atoms with Gasteiger partial charge in [0.15, 0.2) is 5.82 Å². The molecule has 0 radical (unpaired) electrons. The Labute approximate surface area is 148 Å². The number of aromatic nitrogens is 2. The molecule has 0 amide bonds. The molecule has 1 unspecified atom stereocenters. The van der Waals surface area contributed by atoms with Crippen LogP contribution in [0.1, 0.15) is 30.6 Å². The molecule has 2 aromatic rings. The van der Waals surface area contributed by atoms with E-state index in [0.29, 0.717) is 6.61 Å². The van der Waals surface area contributed by atoms with Crippen molar-refractivity contribution in [2.45, 2.75) is 19.4 Å². The maximum absolute atomic E-state index is 6.19. The zero-order chi connectivity index (χ0) is 16.9. The lowest BCUT2D eigenvalue weighted by molar-refractivity contribution is 0.0803.